The van der Waals surface area contributed by atoms with Crippen LogP contribution >= 0.6 is 23.1 Å². The van der Waals surface area contributed by atoms with Crippen LogP contribution in [-0.2, 0) is 4.79 Å². The first-order chi connectivity index (χ1) is 16.5. The lowest BCUT2D eigenvalue weighted by Gasteiger charge is -2.10. The number of ether oxygens (including phenoxy) is 1. The summed E-state index contributed by atoms with van der Waals surface area (Å²) in [5, 5.41) is 17.2. The zero-order chi connectivity index (χ0) is 23.7. The minimum absolute atomic E-state index is 0.169. The molecule has 5 aromatic rings. The molecule has 0 saturated carbocycles. The number of fused-ring (bicyclic) bond motifs is 3. The summed E-state index contributed by atoms with van der Waals surface area (Å²) in [5.74, 6) is 0.602. The van der Waals surface area contributed by atoms with Crippen LogP contribution in [-0.4, -0.2) is 29.0 Å². The normalized spacial score (nSPS) is 11.1. The van der Waals surface area contributed by atoms with Gasteiger partial charge < -0.3 is 19.8 Å². The number of rotatable bonds is 7. The topological polar surface area (TPSA) is 89.3 Å². The van der Waals surface area contributed by atoms with Crippen LogP contribution in [0.5, 0.6) is 5.75 Å². The van der Waals surface area contributed by atoms with Crippen LogP contribution in [0.2, 0.25) is 0 Å². The molecular formula is C25H22N4O3S2. The summed E-state index contributed by atoms with van der Waals surface area (Å²) < 4.78 is 12.2. The van der Waals surface area contributed by atoms with Gasteiger partial charge in [-0.15, -0.1) is 10.2 Å². The largest absolute Gasteiger partial charge is 0.495 e. The molecule has 0 fully saturated rings. The summed E-state index contributed by atoms with van der Waals surface area (Å²) in [6.07, 6.45) is 0. The summed E-state index contributed by atoms with van der Waals surface area (Å²) >= 11 is 2.74. The van der Waals surface area contributed by atoms with Crippen molar-refractivity contribution in [2.24, 2.45) is 0 Å². The number of aryl methyl sites for hydroxylation is 2. The van der Waals surface area contributed by atoms with Crippen LogP contribution < -0.4 is 15.4 Å². The van der Waals surface area contributed by atoms with Crippen LogP contribution in [0.4, 0.5) is 16.5 Å². The predicted octanol–water partition coefficient (Wildman–Crippen LogP) is 6.54. The number of carbonyl (C=O) groups excluding carboxylic acids is 1. The highest BCUT2D eigenvalue weighted by molar-refractivity contribution is 8.01. The number of nitrogens with one attached hydrogen (secondary N) is 2. The number of methoxy groups -OCH3 is 1. The summed E-state index contributed by atoms with van der Waals surface area (Å²) in [6.45, 7) is 4.15. The van der Waals surface area contributed by atoms with Gasteiger partial charge in [-0.05, 0) is 49.2 Å². The molecule has 0 atom stereocenters. The van der Waals surface area contributed by atoms with Crippen LogP contribution in [0.1, 0.15) is 11.1 Å². The summed E-state index contributed by atoms with van der Waals surface area (Å²) in [4.78, 5) is 12.7. The lowest BCUT2D eigenvalue weighted by atomic mass is 10.1. The fraction of sp³-hybridized carbons (Fsp3) is 0.160. The molecule has 9 heteroatoms. The molecule has 0 aliphatic rings. The van der Waals surface area contributed by atoms with Crippen LogP contribution in [0, 0.1) is 13.8 Å². The molecule has 2 heterocycles. The van der Waals surface area contributed by atoms with E-state index in [0.717, 1.165) is 22.0 Å². The number of hydrogen-bond acceptors (Lipinski definition) is 8. The Balaban J connectivity index is 1.25. The van der Waals surface area contributed by atoms with Gasteiger partial charge in [0, 0.05) is 22.5 Å². The smallest absolute Gasteiger partial charge is 0.234 e. The molecule has 5 rings (SSSR count). The predicted molar refractivity (Wildman–Crippen MR) is 139 cm³/mol. The molecule has 0 spiro atoms. The maximum absolute atomic E-state index is 12.7. The van der Waals surface area contributed by atoms with Gasteiger partial charge in [0.15, 0.2) is 4.34 Å². The quantitative estimate of drug-likeness (QED) is 0.250. The number of carbonyl (C=O) groups is 1. The van der Waals surface area contributed by atoms with Gasteiger partial charge in [0.25, 0.3) is 0 Å². The average Bonchev–Trinajstić information content (AvgIpc) is 3.43. The molecule has 2 N–H and O–H groups in total. The lowest BCUT2D eigenvalue weighted by Crippen LogP contribution is -2.14. The van der Waals surface area contributed by atoms with Crippen molar-refractivity contribution in [3.05, 3.63) is 65.7 Å². The summed E-state index contributed by atoms with van der Waals surface area (Å²) in [5.41, 5.74) is 5.45. The average molecular weight is 491 g/mol. The van der Waals surface area contributed by atoms with Gasteiger partial charge in [-0.3, -0.25) is 4.79 Å². The number of thioether (sulfide) groups is 1. The number of benzene rings is 3. The number of nitrogens with zero attached hydrogens (tertiary/aromatic N) is 2. The molecule has 1 amide bonds. The van der Waals surface area contributed by atoms with Gasteiger partial charge >= 0.3 is 0 Å². The number of anilines is 3. The Labute approximate surface area is 204 Å². The van der Waals surface area contributed by atoms with Crippen LogP contribution in [0.25, 0.3) is 21.9 Å². The minimum atomic E-state index is -0.169. The molecule has 0 unspecified atom stereocenters. The second-order valence-electron chi connectivity index (χ2n) is 7.78. The Hall–Kier alpha value is -3.56. The van der Waals surface area contributed by atoms with Crippen molar-refractivity contribution in [2.75, 3.05) is 23.5 Å². The highest BCUT2D eigenvalue weighted by Crippen LogP contribution is 2.36. The number of amides is 1. The summed E-state index contributed by atoms with van der Waals surface area (Å²) in [7, 11) is 1.58. The van der Waals surface area contributed by atoms with E-state index in [1.54, 1.807) is 13.2 Å². The van der Waals surface area contributed by atoms with Gasteiger partial charge in [0.1, 0.15) is 16.9 Å². The number of para-hydroxylation sites is 1. The lowest BCUT2D eigenvalue weighted by molar-refractivity contribution is -0.113. The first-order valence-electron chi connectivity index (χ1n) is 10.6. The molecule has 0 radical (unpaired) electrons. The minimum Gasteiger partial charge on any atom is -0.495 e. The second kappa shape index (κ2) is 9.36. The summed E-state index contributed by atoms with van der Waals surface area (Å²) in [6, 6.07) is 17.6. The zero-order valence-electron chi connectivity index (χ0n) is 18.8. The van der Waals surface area contributed by atoms with E-state index in [2.05, 4.69) is 46.8 Å². The standard InChI is InChI=1S/C25H22N4O3S2/c1-14-8-9-16(10-15(14)2)26-24-28-29-25(34-24)33-13-23(30)27-19-12-21-18(11-22(19)31-3)17-6-4-5-7-20(17)32-21/h4-12H,13H2,1-3H3,(H,26,28)(H,27,30). The van der Waals surface area contributed by atoms with Gasteiger partial charge in [-0.25, -0.2) is 0 Å². The molecule has 0 aliphatic carbocycles. The van der Waals surface area contributed by atoms with E-state index >= 15 is 0 Å². The number of hydrogen-bond donors (Lipinski definition) is 2. The van der Waals surface area contributed by atoms with Crippen molar-refractivity contribution in [3.8, 4) is 5.75 Å². The first-order valence-corrected chi connectivity index (χ1v) is 12.4. The number of aromatic nitrogens is 2. The van der Waals surface area contributed by atoms with Crippen molar-refractivity contribution in [1.82, 2.24) is 10.2 Å². The molecule has 2 aromatic heterocycles. The maximum atomic E-state index is 12.7. The van der Waals surface area contributed by atoms with Crippen molar-refractivity contribution >= 4 is 67.5 Å². The third-order valence-electron chi connectivity index (χ3n) is 5.46. The van der Waals surface area contributed by atoms with Gasteiger partial charge in [-0.1, -0.05) is 47.4 Å². The van der Waals surface area contributed by atoms with Crippen molar-refractivity contribution in [2.45, 2.75) is 18.2 Å². The van der Waals surface area contributed by atoms with E-state index in [4.69, 9.17) is 9.15 Å². The van der Waals surface area contributed by atoms with Gasteiger partial charge in [-0.2, -0.15) is 0 Å². The third-order valence-corrected chi connectivity index (χ3v) is 7.44. The van der Waals surface area contributed by atoms with Gasteiger partial charge in [0.2, 0.25) is 11.0 Å². The van der Waals surface area contributed by atoms with E-state index in [-0.39, 0.29) is 11.7 Å². The SMILES string of the molecule is COc1cc2c(cc1NC(=O)CSc1nnc(Nc3ccc(C)c(C)c3)s1)oc1ccccc12. The van der Waals surface area contributed by atoms with E-state index in [9.17, 15) is 4.79 Å². The molecule has 0 bridgehead atoms. The zero-order valence-corrected chi connectivity index (χ0v) is 20.5. The first kappa shape index (κ1) is 22.2. The highest BCUT2D eigenvalue weighted by Gasteiger charge is 2.15. The molecule has 34 heavy (non-hydrogen) atoms. The Morgan fingerprint density at radius 2 is 1.88 bits per heavy atom. The van der Waals surface area contributed by atoms with Crippen LogP contribution in [0.15, 0.2) is 63.4 Å². The van der Waals surface area contributed by atoms with E-state index < -0.39 is 0 Å². The Morgan fingerprint density at radius 1 is 1.03 bits per heavy atom. The van der Waals surface area contributed by atoms with E-state index in [1.807, 2.05) is 36.4 Å². The second-order valence-corrected chi connectivity index (χ2v) is 9.98. The molecule has 7 nitrogen and oxygen atoms in total. The molecule has 172 valence electrons. The molecule has 3 aromatic carbocycles. The maximum Gasteiger partial charge on any atom is 0.234 e. The fourth-order valence-corrected chi connectivity index (χ4v) is 5.17. The monoisotopic (exact) mass is 490 g/mol. The Bertz CT molecular complexity index is 1510. The van der Waals surface area contributed by atoms with Gasteiger partial charge in [0.05, 0.1) is 18.6 Å². The van der Waals surface area contributed by atoms with Crippen molar-refractivity contribution < 1.29 is 13.9 Å². The fourth-order valence-electron chi connectivity index (χ4n) is 3.59. The van der Waals surface area contributed by atoms with E-state index in [1.165, 1.54) is 34.2 Å². The molecule has 0 saturated heterocycles. The Morgan fingerprint density at radius 3 is 2.71 bits per heavy atom. The number of furan rings is 1. The Kier molecular flexibility index (Phi) is 6.12. The third kappa shape index (κ3) is 4.57. The highest BCUT2D eigenvalue weighted by atomic mass is 32.2. The van der Waals surface area contributed by atoms with Crippen molar-refractivity contribution in [1.29, 1.82) is 0 Å². The van der Waals surface area contributed by atoms with E-state index in [0.29, 0.717) is 26.5 Å². The molecular weight excluding hydrogens is 468 g/mol. The van der Waals surface area contributed by atoms with Crippen molar-refractivity contribution in [3.63, 3.8) is 0 Å². The van der Waals surface area contributed by atoms with Crippen LogP contribution in [0.3, 0.4) is 0 Å². The molecule has 0 aliphatic heterocycles.